The molecule has 0 amide bonds. The fourth-order valence-corrected chi connectivity index (χ4v) is 0.891. The van der Waals surface area contributed by atoms with Gasteiger partial charge in [0.2, 0.25) is 0 Å². The predicted octanol–water partition coefficient (Wildman–Crippen LogP) is 2.32. The molecule has 1 rings (SSSR count). The maximum atomic E-state index is 9.00. The summed E-state index contributed by atoms with van der Waals surface area (Å²) in [6, 6.07) is 6.50. The average molecular weight is 387 g/mol. The molecule has 0 aromatic heterocycles. The Labute approximate surface area is 106 Å². The van der Waals surface area contributed by atoms with Crippen LogP contribution in [-0.4, -0.2) is 38.4 Å². The Morgan fingerprint density at radius 1 is 1.14 bits per heavy atom. The molecule has 0 unspecified atom stereocenters. The van der Waals surface area contributed by atoms with E-state index >= 15 is 0 Å². The van der Waals surface area contributed by atoms with Crippen LogP contribution in [0.3, 0.4) is 0 Å². The molecular weight excluding hydrogens is 371 g/mol. The molecule has 0 aliphatic carbocycles. The van der Waals surface area contributed by atoms with E-state index in [2.05, 4.69) is 39.0 Å². The van der Waals surface area contributed by atoms with Crippen molar-refractivity contribution in [3.05, 3.63) is 34.9 Å². The molecule has 0 atom stereocenters. The molecular formula is C11H16O2Pb. The number of aliphatic carboxylic acids is 1. The Hall–Kier alpha value is -0.388. The molecule has 0 heterocycles. The number of aryl methyl sites for hydroxylation is 3. The van der Waals surface area contributed by atoms with Crippen molar-refractivity contribution in [2.45, 2.75) is 27.7 Å². The van der Waals surface area contributed by atoms with Gasteiger partial charge in [-0.15, -0.1) is 0 Å². The molecule has 1 aromatic carbocycles. The fourth-order valence-electron chi connectivity index (χ4n) is 0.891. The molecule has 14 heavy (non-hydrogen) atoms. The molecule has 0 bridgehead atoms. The maximum absolute atomic E-state index is 9.00. The van der Waals surface area contributed by atoms with Crippen molar-refractivity contribution in [1.29, 1.82) is 0 Å². The summed E-state index contributed by atoms with van der Waals surface area (Å²) in [7, 11) is 0. The summed E-state index contributed by atoms with van der Waals surface area (Å²) in [5, 5.41) is 7.42. The van der Waals surface area contributed by atoms with Gasteiger partial charge in [0.05, 0.1) is 0 Å². The first kappa shape index (κ1) is 16.1. The molecule has 0 saturated heterocycles. The van der Waals surface area contributed by atoms with E-state index < -0.39 is 5.97 Å². The Kier molecular flexibility index (Phi) is 9.14. The summed E-state index contributed by atoms with van der Waals surface area (Å²) in [4.78, 5) is 9.00. The minimum Gasteiger partial charge on any atom is -0.481 e. The van der Waals surface area contributed by atoms with Crippen LogP contribution >= 0.6 is 0 Å². The molecule has 0 fully saturated rings. The topological polar surface area (TPSA) is 37.3 Å². The first-order valence-corrected chi connectivity index (χ1v) is 4.17. The van der Waals surface area contributed by atoms with Crippen molar-refractivity contribution >= 4 is 33.3 Å². The van der Waals surface area contributed by atoms with Gasteiger partial charge in [-0.25, -0.2) is 0 Å². The number of rotatable bonds is 0. The third-order valence-corrected chi connectivity index (χ3v) is 1.66. The van der Waals surface area contributed by atoms with Gasteiger partial charge in [-0.05, 0) is 31.9 Å². The van der Waals surface area contributed by atoms with Crippen LogP contribution in [0.4, 0.5) is 0 Å². The van der Waals surface area contributed by atoms with Crippen molar-refractivity contribution in [2.24, 2.45) is 0 Å². The fraction of sp³-hybridized carbons (Fsp3) is 0.364. The Bertz CT molecular complexity index is 291. The van der Waals surface area contributed by atoms with Crippen LogP contribution in [0, 0.1) is 20.8 Å². The Morgan fingerprint density at radius 2 is 1.57 bits per heavy atom. The zero-order valence-corrected chi connectivity index (χ0v) is 13.0. The Balaban J connectivity index is 0. The van der Waals surface area contributed by atoms with Gasteiger partial charge >= 0.3 is 0 Å². The summed E-state index contributed by atoms with van der Waals surface area (Å²) in [5.74, 6) is -0.833. The van der Waals surface area contributed by atoms with E-state index in [1.54, 1.807) is 0 Å². The third-order valence-electron chi connectivity index (χ3n) is 1.66. The minimum atomic E-state index is -0.833. The van der Waals surface area contributed by atoms with Crippen molar-refractivity contribution in [3.63, 3.8) is 0 Å². The number of carboxylic acids is 1. The average Bonchev–Trinajstić information content (AvgIpc) is 1.96. The van der Waals surface area contributed by atoms with Crippen LogP contribution in [0.2, 0.25) is 0 Å². The number of hydrogen-bond donors (Lipinski definition) is 1. The number of benzene rings is 1. The largest absolute Gasteiger partial charge is 0.481 e. The standard InChI is InChI=1S/C9H12.C2H4O2.Pb/c1-7-4-5-8(2)9(3)6-7;1-2(3)4;/h4-6H,1-3H3;1H3,(H,3,4);. The normalized spacial score (nSPS) is 8.00. The summed E-state index contributed by atoms with van der Waals surface area (Å²) >= 11 is 0. The molecule has 1 N–H and O–H groups in total. The van der Waals surface area contributed by atoms with Gasteiger partial charge in [0.15, 0.2) is 0 Å². The van der Waals surface area contributed by atoms with Gasteiger partial charge in [0.25, 0.3) is 5.97 Å². The number of hydrogen-bond acceptors (Lipinski definition) is 1. The summed E-state index contributed by atoms with van der Waals surface area (Å²) in [6.07, 6.45) is 0. The van der Waals surface area contributed by atoms with Crippen molar-refractivity contribution < 1.29 is 9.90 Å². The quantitative estimate of drug-likeness (QED) is 0.694. The van der Waals surface area contributed by atoms with Crippen molar-refractivity contribution in [3.8, 4) is 0 Å². The van der Waals surface area contributed by atoms with Gasteiger partial charge in [0.1, 0.15) is 0 Å². The van der Waals surface area contributed by atoms with E-state index in [1.807, 2.05) is 0 Å². The summed E-state index contributed by atoms with van der Waals surface area (Å²) < 4.78 is 0. The molecule has 0 aliphatic heterocycles. The molecule has 76 valence electrons. The van der Waals surface area contributed by atoms with Crippen LogP contribution in [0.1, 0.15) is 23.6 Å². The van der Waals surface area contributed by atoms with E-state index in [9.17, 15) is 0 Å². The van der Waals surface area contributed by atoms with E-state index in [0.29, 0.717) is 0 Å². The van der Waals surface area contributed by atoms with Crippen molar-refractivity contribution in [2.75, 3.05) is 0 Å². The van der Waals surface area contributed by atoms with Crippen LogP contribution in [-0.2, 0) is 4.79 Å². The van der Waals surface area contributed by atoms with Crippen LogP contribution in [0.5, 0.6) is 0 Å². The Morgan fingerprint density at radius 3 is 1.86 bits per heavy atom. The van der Waals surface area contributed by atoms with Gasteiger partial charge in [0, 0.05) is 34.2 Å². The van der Waals surface area contributed by atoms with Gasteiger partial charge < -0.3 is 5.11 Å². The van der Waals surface area contributed by atoms with Crippen LogP contribution in [0.15, 0.2) is 18.2 Å². The molecule has 2 nitrogen and oxygen atoms in total. The smallest absolute Gasteiger partial charge is 0.300 e. The minimum absolute atomic E-state index is 0. The zero-order valence-electron chi connectivity index (χ0n) is 9.09. The molecule has 3 heteroatoms. The van der Waals surface area contributed by atoms with E-state index in [1.165, 1.54) is 16.7 Å². The van der Waals surface area contributed by atoms with E-state index in [4.69, 9.17) is 9.90 Å². The van der Waals surface area contributed by atoms with Gasteiger partial charge in [-0.3, -0.25) is 4.79 Å². The molecule has 1 aromatic rings. The number of carboxylic acid groups (broad SMARTS) is 1. The van der Waals surface area contributed by atoms with E-state index in [-0.39, 0.29) is 27.3 Å². The second kappa shape index (κ2) is 7.96. The monoisotopic (exact) mass is 388 g/mol. The second-order valence-electron chi connectivity index (χ2n) is 3.11. The maximum Gasteiger partial charge on any atom is 0.300 e. The third kappa shape index (κ3) is 8.22. The van der Waals surface area contributed by atoms with Gasteiger partial charge in [-0.1, -0.05) is 23.8 Å². The van der Waals surface area contributed by atoms with Crippen LogP contribution < -0.4 is 0 Å². The molecule has 0 saturated carbocycles. The SMILES string of the molecule is CC(=O)O.Cc1ccc(C)c(C)c1.[Pb]. The number of carbonyl (C=O) groups is 1. The molecule has 0 aliphatic rings. The predicted molar refractivity (Wildman–Crippen MR) is 59.7 cm³/mol. The van der Waals surface area contributed by atoms with Gasteiger partial charge in [-0.2, -0.15) is 0 Å². The molecule has 4 radical (unpaired) electrons. The zero-order chi connectivity index (χ0) is 10.4. The first-order valence-electron chi connectivity index (χ1n) is 4.17. The first-order chi connectivity index (χ1) is 5.93. The summed E-state index contributed by atoms with van der Waals surface area (Å²) in [6.45, 7) is 7.48. The van der Waals surface area contributed by atoms with Crippen LogP contribution in [0.25, 0.3) is 0 Å². The van der Waals surface area contributed by atoms with E-state index in [0.717, 1.165) is 6.92 Å². The van der Waals surface area contributed by atoms with Crippen molar-refractivity contribution in [1.82, 2.24) is 0 Å². The molecule has 0 spiro atoms. The second-order valence-corrected chi connectivity index (χ2v) is 3.11. The summed E-state index contributed by atoms with van der Waals surface area (Å²) in [5.41, 5.74) is 4.11.